The number of esters is 1. The van der Waals surface area contributed by atoms with E-state index >= 15 is 0 Å². The van der Waals surface area contributed by atoms with Gasteiger partial charge in [-0.15, -0.1) is 0 Å². The number of carbonyl (C=O) groups is 2. The Morgan fingerprint density at radius 3 is 1.16 bits per heavy atom. The summed E-state index contributed by atoms with van der Waals surface area (Å²) < 4.78 is 5.45. The number of ether oxygens (including phenoxy) is 1. The Morgan fingerprint density at radius 1 is 0.429 bits per heavy atom. The van der Waals surface area contributed by atoms with Gasteiger partial charge in [-0.3, -0.25) is 9.59 Å². The second-order valence-corrected chi connectivity index (χ2v) is 18.9. The van der Waals surface area contributed by atoms with E-state index in [1.807, 2.05) is 6.08 Å². The predicted octanol–water partition coefficient (Wildman–Crippen LogP) is 16.9. The molecule has 370 valence electrons. The maximum atomic E-state index is 12.5. The molecule has 0 aliphatic carbocycles. The fraction of sp³-hybridized carbons (Fsp3) is 0.860. The minimum absolute atomic E-state index is 0.0142. The van der Waals surface area contributed by atoms with Gasteiger partial charge in [0.1, 0.15) is 0 Å². The third-order valence-corrected chi connectivity index (χ3v) is 12.6. The molecule has 0 aromatic carbocycles. The van der Waals surface area contributed by atoms with Crippen LogP contribution in [0.15, 0.2) is 36.5 Å². The summed E-state index contributed by atoms with van der Waals surface area (Å²) in [6, 6.07) is -0.641. The predicted molar refractivity (Wildman–Crippen MR) is 273 cm³/mol. The van der Waals surface area contributed by atoms with Gasteiger partial charge < -0.3 is 20.3 Å². The van der Waals surface area contributed by atoms with Gasteiger partial charge >= 0.3 is 5.97 Å². The van der Waals surface area contributed by atoms with E-state index in [4.69, 9.17) is 4.74 Å². The van der Waals surface area contributed by atoms with Gasteiger partial charge in [0.25, 0.3) is 0 Å². The minimum atomic E-state index is -0.855. The highest BCUT2D eigenvalue weighted by Gasteiger charge is 2.18. The molecule has 6 nitrogen and oxygen atoms in total. The third-order valence-electron chi connectivity index (χ3n) is 12.6. The Labute approximate surface area is 392 Å². The van der Waals surface area contributed by atoms with Gasteiger partial charge in [0.2, 0.25) is 5.91 Å². The Kier molecular flexibility index (Phi) is 51.1. The summed E-state index contributed by atoms with van der Waals surface area (Å²) in [6.07, 6.45) is 64.4. The molecule has 0 spiro atoms. The molecule has 0 aliphatic heterocycles. The number of nitrogens with one attached hydrogen (secondary N) is 1. The van der Waals surface area contributed by atoms with Crippen molar-refractivity contribution in [1.82, 2.24) is 5.32 Å². The Balaban J connectivity index is 3.52. The number of aliphatic hydroxyl groups excluding tert-OH is 2. The molecule has 0 fully saturated rings. The van der Waals surface area contributed by atoms with Crippen LogP contribution in [0.5, 0.6) is 0 Å². The molecule has 0 saturated carbocycles. The normalized spacial score (nSPS) is 12.9. The first-order chi connectivity index (χ1) is 31.0. The summed E-state index contributed by atoms with van der Waals surface area (Å²) in [4.78, 5) is 24.4. The van der Waals surface area contributed by atoms with Gasteiger partial charge in [0, 0.05) is 12.8 Å². The van der Waals surface area contributed by atoms with Crippen molar-refractivity contribution in [2.45, 2.75) is 302 Å². The molecule has 0 rings (SSSR count). The molecule has 0 aliphatic rings. The van der Waals surface area contributed by atoms with Crippen LogP contribution in [0, 0.1) is 0 Å². The van der Waals surface area contributed by atoms with Crippen LogP contribution >= 0.6 is 0 Å². The zero-order valence-electron chi connectivity index (χ0n) is 42.1. The zero-order valence-corrected chi connectivity index (χ0v) is 42.1. The van der Waals surface area contributed by atoms with Gasteiger partial charge in [-0.1, -0.05) is 230 Å². The monoisotopic (exact) mass is 886 g/mol. The number of carbonyl (C=O) groups excluding carboxylic acids is 2. The van der Waals surface area contributed by atoms with E-state index in [2.05, 4.69) is 43.5 Å². The van der Waals surface area contributed by atoms with E-state index in [1.165, 1.54) is 199 Å². The fourth-order valence-corrected chi connectivity index (χ4v) is 8.33. The maximum Gasteiger partial charge on any atom is 0.305 e. The number of hydrogen-bond acceptors (Lipinski definition) is 5. The number of aliphatic hydroxyl groups is 2. The van der Waals surface area contributed by atoms with Crippen LogP contribution in [-0.2, 0) is 14.3 Å². The molecular weight excluding hydrogens is 779 g/mol. The highest BCUT2D eigenvalue weighted by atomic mass is 16.5. The lowest BCUT2D eigenvalue weighted by atomic mass is 10.0. The Morgan fingerprint density at radius 2 is 0.746 bits per heavy atom. The topological polar surface area (TPSA) is 95.9 Å². The van der Waals surface area contributed by atoms with Crippen LogP contribution in [0.2, 0.25) is 0 Å². The summed E-state index contributed by atoms with van der Waals surface area (Å²) in [5.41, 5.74) is 0. The van der Waals surface area contributed by atoms with Crippen LogP contribution in [0.1, 0.15) is 290 Å². The lowest BCUT2D eigenvalue weighted by Gasteiger charge is -2.20. The van der Waals surface area contributed by atoms with Gasteiger partial charge in [0.05, 0.1) is 25.4 Å². The van der Waals surface area contributed by atoms with Crippen molar-refractivity contribution in [2.24, 2.45) is 0 Å². The molecule has 0 bridgehead atoms. The van der Waals surface area contributed by atoms with E-state index in [-0.39, 0.29) is 18.5 Å². The number of hydrogen-bond donors (Lipinski definition) is 3. The summed E-state index contributed by atoms with van der Waals surface area (Å²) in [5, 5.41) is 23.1. The van der Waals surface area contributed by atoms with Crippen LogP contribution in [-0.4, -0.2) is 47.4 Å². The molecule has 2 unspecified atom stereocenters. The average Bonchev–Trinajstić information content (AvgIpc) is 3.28. The average molecular weight is 886 g/mol. The summed E-state index contributed by atoms with van der Waals surface area (Å²) >= 11 is 0. The Hall–Kier alpha value is -1.92. The van der Waals surface area contributed by atoms with E-state index in [0.29, 0.717) is 19.4 Å². The number of rotatable bonds is 51. The maximum absolute atomic E-state index is 12.5. The largest absolute Gasteiger partial charge is 0.466 e. The smallest absolute Gasteiger partial charge is 0.305 e. The second kappa shape index (κ2) is 52.7. The van der Waals surface area contributed by atoms with Crippen LogP contribution < -0.4 is 5.32 Å². The molecule has 6 heteroatoms. The van der Waals surface area contributed by atoms with Crippen molar-refractivity contribution >= 4 is 11.9 Å². The van der Waals surface area contributed by atoms with Gasteiger partial charge in [-0.05, 0) is 83.5 Å². The van der Waals surface area contributed by atoms with Crippen molar-refractivity contribution < 1.29 is 24.5 Å². The van der Waals surface area contributed by atoms with Gasteiger partial charge in [0.15, 0.2) is 0 Å². The number of allylic oxidation sites excluding steroid dienone is 5. The lowest BCUT2D eigenvalue weighted by molar-refractivity contribution is -0.143. The van der Waals surface area contributed by atoms with Crippen molar-refractivity contribution in [1.29, 1.82) is 0 Å². The quantitative estimate of drug-likeness (QED) is 0.0321. The van der Waals surface area contributed by atoms with Crippen molar-refractivity contribution in [2.75, 3.05) is 13.2 Å². The van der Waals surface area contributed by atoms with Crippen LogP contribution in [0.25, 0.3) is 0 Å². The molecule has 0 saturated heterocycles. The lowest BCUT2D eigenvalue weighted by Crippen LogP contribution is -2.45. The van der Waals surface area contributed by atoms with E-state index in [0.717, 1.165) is 64.2 Å². The fourth-order valence-electron chi connectivity index (χ4n) is 8.33. The standard InChI is InChI=1S/C57H107NO5/c1-3-5-7-9-11-13-15-17-18-19-20-23-26-29-33-37-41-45-49-55(60)54(53-59)58-56(61)50-46-42-38-34-30-27-24-21-22-25-28-32-36-40-44-48-52-63-57(62)51-47-43-39-35-31-16-14-12-10-8-6-4-2/h12,14,21,24,45,49,54-55,59-60H,3-11,13,15-20,22-23,25-44,46-48,50-53H2,1-2H3,(H,58,61)/b14-12-,24-21-,49-45+. The van der Waals surface area contributed by atoms with Crippen molar-refractivity contribution in [3.05, 3.63) is 36.5 Å². The molecule has 0 aromatic rings. The minimum Gasteiger partial charge on any atom is -0.466 e. The second-order valence-electron chi connectivity index (χ2n) is 18.9. The van der Waals surface area contributed by atoms with Gasteiger partial charge in [-0.2, -0.15) is 0 Å². The van der Waals surface area contributed by atoms with Crippen molar-refractivity contribution in [3.63, 3.8) is 0 Å². The molecule has 0 heterocycles. The number of unbranched alkanes of at least 4 members (excludes halogenated alkanes) is 36. The van der Waals surface area contributed by atoms with Crippen molar-refractivity contribution in [3.8, 4) is 0 Å². The first-order valence-electron chi connectivity index (χ1n) is 27.8. The van der Waals surface area contributed by atoms with E-state index in [9.17, 15) is 19.8 Å². The van der Waals surface area contributed by atoms with E-state index < -0.39 is 12.1 Å². The van der Waals surface area contributed by atoms with Crippen LogP contribution in [0.4, 0.5) is 0 Å². The molecule has 1 amide bonds. The summed E-state index contributed by atoms with van der Waals surface area (Å²) in [5.74, 6) is -0.0986. The Bertz CT molecular complexity index is 1020. The first kappa shape index (κ1) is 61.1. The summed E-state index contributed by atoms with van der Waals surface area (Å²) in [6.45, 7) is 4.86. The SMILES string of the molecule is CCCCC/C=C\CCCCCCCC(=O)OCCCCCCCCC/C=C\CCCCCCCC(=O)NC(CO)C(O)/C=C/CCCCCCCCCCCCCCCCCC. The van der Waals surface area contributed by atoms with Gasteiger partial charge in [-0.25, -0.2) is 0 Å². The molecule has 2 atom stereocenters. The van der Waals surface area contributed by atoms with E-state index in [1.54, 1.807) is 6.08 Å². The molecule has 3 N–H and O–H groups in total. The van der Waals surface area contributed by atoms with Crippen LogP contribution in [0.3, 0.4) is 0 Å². The molecule has 0 aromatic heterocycles. The zero-order chi connectivity index (χ0) is 45.8. The third kappa shape index (κ3) is 49.4. The summed E-state index contributed by atoms with van der Waals surface area (Å²) in [7, 11) is 0. The highest BCUT2D eigenvalue weighted by Crippen LogP contribution is 2.16. The highest BCUT2D eigenvalue weighted by molar-refractivity contribution is 5.76. The first-order valence-corrected chi connectivity index (χ1v) is 27.8. The molecule has 63 heavy (non-hydrogen) atoms. The molecular formula is C57H107NO5. The molecule has 0 radical (unpaired) electrons. The number of amides is 1.